The molecule has 0 radical (unpaired) electrons. The van der Waals surface area contributed by atoms with Crippen molar-refractivity contribution in [2.75, 3.05) is 6.54 Å². The van der Waals surface area contributed by atoms with E-state index >= 15 is 0 Å². The molecule has 0 atom stereocenters. The Labute approximate surface area is 148 Å². The summed E-state index contributed by atoms with van der Waals surface area (Å²) in [6.07, 6.45) is 1.75. The number of urea groups is 1. The van der Waals surface area contributed by atoms with Gasteiger partial charge >= 0.3 is 6.03 Å². The topological polar surface area (TPSA) is 75.3 Å². The first-order valence-corrected chi connectivity index (χ1v) is 7.31. The Hall–Kier alpha value is -0.183. The number of hydrogen-bond acceptors (Lipinski definition) is 3. The van der Waals surface area contributed by atoms with E-state index in [-0.39, 0.29) is 46.6 Å². The van der Waals surface area contributed by atoms with Crippen molar-refractivity contribution >= 4 is 16.1 Å². The molecule has 0 aromatic heterocycles. The van der Waals surface area contributed by atoms with E-state index in [0.29, 0.717) is 6.54 Å². The molecule has 104 valence electrons. The molecule has 1 rings (SSSR count). The van der Waals surface area contributed by atoms with Crippen LogP contribution in [-0.2, 0) is 10.0 Å². The molecule has 0 saturated heterocycles. The predicted molar refractivity (Wildman–Crippen MR) is 69.8 cm³/mol. The molecule has 2 amide bonds. The van der Waals surface area contributed by atoms with Crippen molar-refractivity contribution in [2.24, 2.45) is 0 Å². The summed E-state index contributed by atoms with van der Waals surface area (Å²) >= 11 is 0. The van der Waals surface area contributed by atoms with Crippen LogP contribution >= 0.6 is 0 Å². The van der Waals surface area contributed by atoms with Crippen molar-refractivity contribution in [3.8, 4) is 0 Å². The second kappa shape index (κ2) is 8.88. The zero-order chi connectivity index (χ0) is 13.6. The van der Waals surface area contributed by atoms with Crippen molar-refractivity contribution < 1.29 is 55.0 Å². The van der Waals surface area contributed by atoms with Crippen LogP contribution < -0.4 is 10.0 Å². The molecule has 0 spiro atoms. The summed E-state index contributed by atoms with van der Waals surface area (Å²) in [6, 6.07) is 5.62. The molecule has 0 unspecified atom stereocenters. The summed E-state index contributed by atoms with van der Waals surface area (Å²) < 4.78 is 25.6. The standard InChI is InChI=1S/C12H18N2O3S.Ce/c1-3-4-9-13-12(15)14-18(16,17)11-7-5-10(2)6-8-11;/h5-8H,3-4,9H2,1-2H3,(H2,13,14,15);. The van der Waals surface area contributed by atoms with Gasteiger partial charge in [0.1, 0.15) is 0 Å². The van der Waals surface area contributed by atoms with Crippen molar-refractivity contribution in [2.45, 2.75) is 31.6 Å². The number of amides is 2. The molecule has 5 nitrogen and oxygen atoms in total. The van der Waals surface area contributed by atoms with Gasteiger partial charge in [-0.05, 0) is 25.5 Å². The minimum atomic E-state index is -3.78. The number of nitrogens with one attached hydrogen (secondary N) is 2. The van der Waals surface area contributed by atoms with E-state index in [4.69, 9.17) is 0 Å². The Bertz CT molecular complexity index is 500. The average Bonchev–Trinajstić information content (AvgIpc) is 2.29. The normalized spacial score (nSPS) is 10.4. The van der Waals surface area contributed by atoms with Gasteiger partial charge < -0.3 is 5.32 Å². The summed E-state index contributed by atoms with van der Waals surface area (Å²) in [5, 5.41) is 2.49. The van der Waals surface area contributed by atoms with Crippen LogP contribution in [0.25, 0.3) is 0 Å². The van der Waals surface area contributed by atoms with Gasteiger partial charge in [0.2, 0.25) is 0 Å². The molecule has 0 fully saturated rings. The zero-order valence-corrected chi connectivity index (χ0v) is 15.0. The third-order valence-corrected chi connectivity index (χ3v) is 3.72. The fourth-order valence-corrected chi connectivity index (χ4v) is 2.24. The van der Waals surface area contributed by atoms with Gasteiger partial charge in [-0.3, -0.25) is 0 Å². The zero-order valence-electron chi connectivity index (χ0n) is 11.1. The van der Waals surface area contributed by atoms with Crippen LogP contribution in [0, 0.1) is 48.7 Å². The molecule has 0 heterocycles. The van der Waals surface area contributed by atoms with E-state index in [1.54, 1.807) is 12.1 Å². The summed E-state index contributed by atoms with van der Waals surface area (Å²) in [4.78, 5) is 11.5. The number of benzene rings is 1. The SMILES string of the molecule is CCCCNC(=O)NS(=O)(=O)c1ccc(C)cc1.[Ce]. The van der Waals surface area contributed by atoms with E-state index in [9.17, 15) is 13.2 Å². The monoisotopic (exact) mass is 410 g/mol. The van der Waals surface area contributed by atoms with Crippen LogP contribution in [0.4, 0.5) is 4.79 Å². The van der Waals surface area contributed by atoms with E-state index < -0.39 is 16.1 Å². The molecule has 0 saturated carbocycles. The van der Waals surface area contributed by atoms with Crippen LogP contribution in [0.5, 0.6) is 0 Å². The summed E-state index contributed by atoms with van der Waals surface area (Å²) in [6.45, 7) is 4.32. The number of rotatable bonds is 5. The van der Waals surface area contributed by atoms with Gasteiger partial charge in [0.15, 0.2) is 0 Å². The Kier molecular flexibility index (Phi) is 8.80. The quantitative estimate of drug-likeness (QED) is 0.727. The van der Waals surface area contributed by atoms with Gasteiger partial charge in [0.05, 0.1) is 4.90 Å². The van der Waals surface area contributed by atoms with Crippen molar-refractivity contribution in [1.29, 1.82) is 0 Å². The Morgan fingerprint density at radius 1 is 1.21 bits per heavy atom. The molecule has 19 heavy (non-hydrogen) atoms. The largest absolute Gasteiger partial charge is 0.337 e. The Balaban J connectivity index is 0.00000324. The molecule has 0 aliphatic heterocycles. The first-order valence-electron chi connectivity index (χ1n) is 5.83. The number of sulfonamides is 1. The third-order valence-electron chi connectivity index (χ3n) is 2.37. The van der Waals surface area contributed by atoms with E-state index in [1.165, 1.54) is 12.1 Å². The summed E-state index contributed by atoms with van der Waals surface area (Å²) in [5.74, 6) is 0. The maximum Gasteiger partial charge on any atom is 0.328 e. The van der Waals surface area contributed by atoms with Crippen LogP contribution in [0.15, 0.2) is 29.2 Å². The number of carbonyl (C=O) groups is 1. The predicted octanol–water partition coefficient (Wildman–Crippen LogP) is 1.78. The van der Waals surface area contributed by atoms with E-state index in [0.717, 1.165) is 18.4 Å². The molecular weight excluding hydrogens is 392 g/mol. The van der Waals surface area contributed by atoms with Crippen molar-refractivity contribution in [3.05, 3.63) is 29.8 Å². The molecule has 1 aromatic rings. The van der Waals surface area contributed by atoms with Crippen LogP contribution in [0.3, 0.4) is 0 Å². The molecule has 2 N–H and O–H groups in total. The third kappa shape index (κ3) is 6.69. The van der Waals surface area contributed by atoms with Crippen LogP contribution in [0.1, 0.15) is 25.3 Å². The Morgan fingerprint density at radius 3 is 2.32 bits per heavy atom. The number of aryl methyl sites for hydroxylation is 1. The molecule has 7 heteroatoms. The van der Waals surface area contributed by atoms with Crippen LogP contribution in [-0.4, -0.2) is 21.0 Å². The van der Waals surface area contributed by atoms with Gasteiger partial charge in [-0.25, -0.2) is 17.9 Å². The molecule has 0 aliphatic rings. The summed E-state index contributed by atoms with van der Waals surface area (Å²) in [7, 11) is -3.78. The van der Waals surface area contributed by atoms with E-state index in [1.807, 2.05) is 18.6 Å². The second-order valence-corrected chi connectivity index (χ2v) is 5.71. The van der Waals surface area contributed by atoms with Gasteiger partial charge in [0.25, 0.3) is 10.0 Å². The Morgan fingerprint density at radius 2 is 1.79 bits per heavy atom. The fraction of sp³-hybridized carbons (Fsp3) is 0.417. The second-order valence-electron chi connectivity index (χ2n) is 4.03. The minimum absolute atomic E-state index is 0. The maximum absolute atomic E-state index is 11.8. The minimum Gasteiger partial charge on any atom is -0.337 e. The van der Waals surface area contributed by atoms with Crippen molar-refractivity contribution in [1.82, 2.24) is 10.0 Å². The molecule has 0 aliphatic carbocycles. The molecule has 0 bridgehead atoms. The van der Waals surface area contributed by atoms with Gasteiger partial charge in [-0.15, -0.1) is 0 Å². The first-order chi connectivity index (χ1) is 8.45. The molecular formula is C12H18CeN2O3S. The van der Waals surface area contributed by atoms with Gasteiger partial charge in [0, 0.05) is 48.3 Å². The number of hydrogen-bond donors (Lipinski definition) is 2. The van der Waals surface area contributed by atoms with E-state index in [2.05, 4.69) is 5.32 Å². The van der Waals surface area contributed by atoms with Gasteiger partial charge in [-0.1, -0.05) is 31.0 Å². The average molecular weight is 410 g/mol. The molecule has 1 aromatic carbocycles. The first kappa shape index (κ1) is 18.8. The number of unbranched alkanes of at least 4 members (excludes halogenated alkanes) is 1. The smallest absolute Gasteiger partial charge is 0.328 e. The number of carbonyl (C=O) groups excluding carboxylic acids is 1. The maximum atomic E-state index is 11.8. The van der Waals surface area contributed by atoms with Gasteiger partial charge in [-0.2, -0.15) is 0 Å². The fourth-order valence-electron chi connectivity index (χ4n) is 1.31. The summed E-state index contributed by atoms with van der Waals surface area (Å²) in [5.41, 5.74) is 0.960. The van der Waals surface area contributed by atoms with Crippen LogP contribution in [0.2, 0.25) is 0 Å². The van der Waals surface area contributed by atoms with Crippen molar-refractivity contribution in [3.63, 3.8) is 0 Å².